The number of benzene rings is 1. The van der Waals surface area contributed by atoms with Gasteiger partial charge in [-0.05, 0) is 63.4 Å². The second kappa shape index (κ2) is 11.1. The van der Waals surface area contributed by atoms with Crippen LogP contribution in [0.5, 0.6) is 0 Å². The lowest BCUT2D eigenvalue weighted by Crippen LogP contribution is -2.48. The van der Waals surface area contributed by atoms with Crippen molar-refractivity contribution in [1.82, 2.24) is 10.2 Å². The lowest BCUT2D eigenvalue weighted by molar-refractivity contribution is 0.0929. The van der Waals surface area contributed by atoms with Gasteiger partial charge in [0.2, 0.25) is 0 Å². The Labute approximate surface area is 175 Å². The van der Waals surface area contributed by atoms with Gasteiger partial charge in [0.05, 0.1) is 0 Å². The largest absolute Gasteiger partial charge is 0.369 e. The molecule has 2 aliphatic rings. The SMILES string of the molecule is CC(C)N1CCN(c2ccc(C(=O)NC3CCCC3CN)cc2)CC1.Cl.Cl. The standard InChI is InChI=1S/C20H32N4O.2ClH/c1-15(2)23-10-12-24(13-11-23)18-8-6-16(7-9-18)20(25)22-19-5-3-4-17(19)14-21;;/h6-9,15,17,19H,3-5,10-14,21H2,1-2H3,(H,22,25);2*1H. The molecule has 3 N–H and O–H groups in total. The first-order valence-electron chi connectivity index (χ1n) is 9.68. The average molecular weight is 417 g/mol. The maximum Gasteiger partial charge on any atom is 0.251 e. The van der Waals surface area contributed by atoms with Gasteiger partial charge in [-0.15, -0.1) is 24.8 Å². The van der Waals surface area contributed by atoms with Crippen LogP contribution >= 0.6 is 24.8 Å². The first-order chi connectivity index (χ1) is 12.1. The van der Waals surface area contributed by atoms with E-state index in [9.17, 15) is 4.79 Å². The van der Waals surface area contributed by atoms with Crippen LogP contribution in [0.25, 0.3) is 0 Å². The second-order valence-corrected chi connectivity index (χ2v) is 7.67. The summed E-state index contributed by atoms with van der Waals surface area (Å²) in [5.74, 6) is 0.460. The Morgan fingerprint density at radius 1 is 1.11 bits per heavy atom. The molecule has 1 aromatic rings. The molecule has 2 atom stereocenters. The van der Waals surface area contributed by atoms with Crippen molar-refractivity contribution in [3.05, 3.63) is 29.8 Å². The minimum atomic E-state index is 0. The quantitative estimate of drug-likeness (QED) is 0.774. The minimum absolute atomic E-state index is 0. The predicted octanol–water partition coefficient (Wildman–Crippen LogP) is 2.92. The van der Waals surface area contributed by atoms with Gasteiger partial charge >= 0.3 is 0 Å². The summed E-state index contributed by atoms with van der Waals surface area (Å²) in [5.41, 5.74) is 7.76. The molecule has 1 saturated carbocycles. The summed E-state index contributed by atoms with van der Waals surface area (Å²) >= 11 is 0. The Kier molecular flexibility index (Phi) is 9.88. The molecular formula is C20H34Cl2N4O. The van der Waals surface area contributed by atoms with Gasteiger partial charge in [0.1, 0.15) is 0 Å². The number of hydrogen-bond acceptors (Lipinski definition) is 4. The topological polar surface area (TPSA) is 61.6 Å². The summed E-state index contributed by atoms with van der Waals surface area (Å²) in [6, 6.07) is 8.91. The summed E-state index contributed by atoms with van der Waals surface area (Å²) in [6.07, 6.45) is 3.34. The predicted molar refractivity (Wildman–Crippen MR) is 118 cm³/mol. The van der Waals surface area contributed by atoms with Crippen LogP contribution in [-0.2, 0) is 0 Å². The van der Waals surface area contributed by atoms with Crippen LogP contribution in [0.15, 0.2) is 24.3 Å². The van der Waals surface area contributed by atoms with Crippen molar-refractivity contribution in [2.75, 3.05) is 37.6 Å². The van der Waals surface area contributed by atoms with Gasteiger partial charge in [-0.1, -0.05) is 6.42 Å². The van der Waals surface area contributed by atoms with Crippen LogP contribution in [0.2, 0.25) is 0 Å². The van der Waals surface area contributed by atoms with E-state index in [1.807, 2.05) is 12.1 Å². The molecular weight excluding hydrogens is 383 g/mol. The van der Waals surface area contributed by atoms with Crippen molar-refractivity contribution in [2.24, 2.45) is 11.7 Å². The van der Waals surface area contributed by atoms with E-state index in [0.717, 1.165) is 51.0 Å². The number of anilines is 1. The molecule has 0 aromatic heterocycles. The molecule has 1 aromatic carbocycles. The Hall–Kier alpha value is -1.01. The molecule has 0 radical (unpaired) electrons. The van der Waals surface area contributed by atoms with Crippen molar-refractivity contribution in [3.8, 4) is 0 Å². The number of hydrogen-bond donors (Lipinski definition) is 2. The molecule has 5 nitrogen and oxygen atoms in total. The molecule has 2 fully saturated rings. The molecule has 1 aliphatic carbocycles. The third-order valence-corrected chi connectivity index (χ3v) is 5.82. The molecule has 3 rings (SSSR count). The van der Waals surface area contributed by atoms with Gasteiger partial charge in [-0.25, -0.2) is 0 Å². The molecule has 1 saturated heterocycles. The fourth-order valence-corrected chi connectivity index (χ4v) is 4.08. The Balaban J connectivity index is 0.00000182. The van der Waals surface area contributed by atoms with E-state index in [-0.39, 0.29) is 36.8 Å². The van der Waals surface area contributed by atoms with E-state index in [2.05, 4.69) is 41.1 Å². The normalized spacial score (nSPS) is 22.9. The van der Waals surface area contributed by atoms with Crippen LogP contribution < -0.4 is 16.0 Å². The smallest absolute Gasteiger partial charge is 0.251 e. The summed E-state index contributed by atoms with van der Waals surface area (Å²) in [5, 5.41) is 3.17. The maximum atomic E-state index is 12.5. The zero-order valence-electron chi connectivity index (χ0n) is 16.4. The number of halogens is 2. The number of rotatable bonds is 5. The molecule has 1 heterocycles. The van der Waals surface area contributed by atoms with Gasteiger partial charge in [-0.3, -0.25) is 9.69 Å². The molecule has 7 heteroatoms. The number of nitrogens with two attached hydrogens (primary N) is 1. The van der Waals surface area contributed by atoms with Crippen LogP contribution in [-0.4, -0.2) is 55.6 Å². The van der Waals surface area contributed by atoms with E-state index in [0.29, 0.717) is 18.5 Å². The number of nitrogens with zero attached hydrogens (tertiary/aromatic N) is 2. The average Bonchev–Trinajstić information content (AvgIpc) is 3.09. The highest BCUT2D eigenvalue weighted by molar-refractivity contribution is 5.94. The number of carbonyl (C=O) groups excluding carboxylic acids is 1. The molecule has 154 valence electrons. The van der Waals surface area contributed by atoms with Gasteiger partial charge in [0, 0.05) is 49.5 Å². The molecule has 1 aliphatic heterocycles. The Morgan fingerprint density at radius 3 is 2.30 bits per heavy atom. The monoisotopic (exact) mass is 416 g/mol. The lowest BCUT2D eigenvalue weighted by Gasteiger charge is -2.38. The van der Waals surface area contributed by atoms with Crippen LogP contribution in [0.4, 0.5) is 5.69 Å². The number of nitrogens with one attached hydrogen (secondary N) is 1. The highest BCUT2D eigenvalue weighted by Crippen LogP contribution is 2.25. The van der Waals surface area contributed by atoms with Gasteiger partial charge < -0.3 is 16.0 Å². The minimum Gasteiger partial charge on any atom is -0.369 e. The van der Waals surface area contributed by atoms with E-state index < -0.39 is 0 Å². The van der Waals surface area contributed by atoms with Crippen LogP contribution in [0, 0.1) is 5.92 Å². The van der Waals surface area contributed by atoms with Gasteiger partial charge in [0.25, 0.3) is 5.91 Å². The highest BCUT2D eigenvalue weighted by Gasteiger charge is 2.27. The van der Waals surface area contributed by atoms with E-state index in [1.165, 1.54) is 5.69 Å². The summed E-state index contributed by atoms with van der Waals surface area (Å²) in [6.45, 7) is 9.45. The Morgan fingerprint density at radius 2 is 1.74 bits per heavy atom. The van der Waals surface area contributed by atoms with Crippen molar-refractivity contribution in [2.45, 2.75) is 45.2 Å². The van der Waals surface area contributed by atoms with Crippen molar-refractivity contribution in [3.63, 3.8) is 0 Å². The third-order valence-electron chi connectivity index (χ3n) is 5.82. The van der Waals surface area contributed by atoms with Crippen molar-refractivity contribution < 1.29 is 4.79 Å². The molecule has 0 spiro atoms. The number of amides is 1. The summed E-state index contributed by atoms with van der Waals surface area (Å²) in [4.78, 5) is 17.4. The molecule has 27 heavy (non-hydrogen) atoms. The van der Waals surface area contributed by atoms with Gasteiger partial charge in [-0.2, -0.15) is 0 Å². The summed E-state index contributed by atoms with van der Waals surface area (Å²) in [7, 11) is 0. The lowest BCUT2D eigenvalue weighted by atomic mass is 10.0. The number of carbonyl (C=O) groups is 1. The van der Waals surface area contributed by atoms with Crippen molar-refractivity contribution >= 4 is 36.4 Å². The third kappa shape index (κ3) is 5.98. The van der Waals surface area contributed by atoms with Crippen molar-refractivity contribution in [1.29, 1.82) is 0 Å². The maximum absolute atomic E-state index is 12.5. The van der Waals surface area contributed by atoms with E-state index >= 15 is 0 Å². The first kappa shape index (κ1) is 24.0. The highest BCUT2D eigenvalue weighted by atomic mass is 35.5. The fraction of sp³-hybridized carbons (Fsp3) is 0.650. The summed E-state index contributed by atoms with van der Waals surface area (Å²) < 4.78 is 0. The zero-order chi connectivity index (χ0) is 17.8. The first-order valence-corrected chi connectivity index (χ1v) is 9.68. The molecule has 0 bridgehead atoms. The molecule has 1 amide bonds. The Bertz CT molecular complexity index is 574. The second-order valence-electron chi connectivity index (χ2n) is 7.67. The number of piperazine rings is 1. The van der Waals surface area contributed by atoms with E-state index in [4.69, 9.17) is 5.73 Å². The fourth-order valence-electron chi connectivity index (χ4n) is 4.08. The van der Waals surface area contributed by atoms with E-state index in [1.54, 1.807) is 0 Å². The van der Waals surface area contributed by atoms with Crippen LogP contribution in [0.1, 0.15) is 43.5 Å². The van der Waals surface area contributed by atoms with Crippen LogP contribution in [0.3, 0.4) is 0 Å². The molecule has 2 unspecified atom stereocenters. The zero-order valence-corrected chi connectivity index (χ0v) is 18.0. The van der Waals surface area contributed by atoms with Gasteiger partial charge in [0.15, 0.2) is 0 Å².